The average Bonchev–Trinajstić information content (AvgIpc) is 2.93. The summed E-state index contributed by atoms with van der Waals surface area (Å²) >= 11 is 6.06. The zero-order valence-electron chi connectivity index (χ0n) is 22.2. The van der Waals surface area contributed by atoms with Crippen LogP contribution in [0.5, 0.6) is 0 Å². The van der Waals surface area contributed by atoms with Crippen LogP contribution >= 0.6 is 11.6 Å². The first-order valence-corrected chi connectivity index (χ1v) is 14.9. The fraction of sp³-hybridized carbons (Fsp3) is 0.357. The van der Waals surface area contributed by atoms with Gasteiger partial charge in [0.2, 0.25) is 5.95 Å². The average molecular weight is 566 g/mol. The predicted molar refractivity (Wildman–Crippen MR) is 156 cm³/mol. The molecule has 1 aliphatic carbocycles. The molecule has 4 aromatic rings. The summed E-state index contributed by atoms with van der Waals surface area (Å²) in [5, 5.41) is 13.0. The van der Waals surface area contributed by atoms with Gasteiger partial charge in [-0.3, -0.25) is 4.72 Å². The number of benzene rings is 2. The molecule has 5 rings (SSSR count). The number of aromatic nitrogens is 4. The van der Waals surface area contributed by atoms with Crippen molar-refractivity contribution in [3.8, 4) is 11.3 Å². The number of nitrogens with one attached hydrogen (secondary N) is 2. The van der Waals surface area contributed by atoms with Crippen molar-refractivity contribution in [1.29, 1.82) is 0 Å². The van der Waals surface area contributed by atoms with E-state index in [-0.39, 0.29) is 15.7 Å². The number of hydrogen-bond acceptors (Lipinski definition) is 8. The standard InChI is InChI=1S/C28H32ClN7O2S/c1-4-18-15-19(24-13-14-26(34-33-24)35-39(37,38)25-8-6-5-7-23(25)29)16-20-17-30-28(32-27(18)20)31-21-9-11-22(12-10-21)36(2)3/h5-8,13-17,21-22H,4,9-12H2,1-3H3,(H,34,35)(H,30,31,32)/t21-,22-. The van der Waals surface area contributed by atoms with Gasteiger partial charge in [-0.25, -0.2) is 18.4 Å². The van der Waals surface area contributed by atoms with E-state index in [1.807, 2.05) is 12.3 Å². The number of rotatable bonds is 8. The molecule has 2 N–H and O–H groups in total. The van der Waals surface area contributed by atoms with Crippen molar-refractivity contribution >= 4 is 44.3 Å². The lowest BCUT2D eigenvalue weighted by atomic mass is 9.90. The topological polar surface area (TPSA) is 113 Å². The third-order valence-corrected chi connectivity index (χ3v) is 9.08. The van der Waals surface area contributed by atoms with Crippen molar-refractivity contribution in [3.63, 3.8) is 0 Å². The summed E-state index contributed by atoms with van der Waals surface area (Å²) in [4.78, 5) is 11.8. The van der Waals surface area contributed by atoms with Gasteiger partial charge in [-0.2, -0.15) is 0 Å². The third-order valence-electron chi connectivity index (χ3n) is 7.23. The molecule has 0 unspecified atom stereocenters. The first-order chi connectivity index (χ1) is 18.7. The Morgan fingerprint density at radius 3 is 2.46 bits per heavy atom. The number of hydrogen-bond donors (Lipinski definition) is 2. The van der Waals surface area contributed by atoms with Crippen LogP contribution in [0, 0.1) is 0 Å². The van der Waals surface area contributed by atoms with E-state index in [2.05, 4.69) is 57.2 Å². The lowest BCUT2D eigenvalue weighted by Gasteiger charge is -2.32. The van der Waals surface area contributed by atoms with Gasteiger partial charge in [-0.15, -0.1) is 10.2 Å². The molecule has 0 saturated heterocycles. The van der Waals surface area contributed by atoms with E-state index < -0.39 is 10.0 Å². The highest BCUT2D eigenvalue weighted by Crippen LogP contribution is 2.29. The second-order valence-electron chi connectivity index (χ2n) is 10.1. The Kier molecular flexibility index (Phi) is 7.97. The SMILES string of the molecule is CCc1cc(-c2ccc(NS(=O)(=O)c3ccccc3Cl)nn2)cc2cnc(N[C@H]3CC[C@H](N(C)C)CC3)nc12. The Hall–Kier alpha value is -3.34. The van der Waals surface area contributed by atoms with Gasteiger partial charge >= 0.3 is 0 Å². The van der Waals surface area contributed by atoms with Gasteiger partial charge in [0.05, 0.1) is 16.2 Å². The van der Waals surface area contributed by atoms with E-state index in [1.165, 1.54) is 25.0 Å². The fourth-order valence-electron chi connectivity index (χ4n) is 5.02. The molecule has 204 valence electrons. The summed E-state index contributed by atoms with van der Waals surface area (Å²) in [5.74, 6) is 0.766. The molecule has 0 radical (unpaired) electrons. The molecule has 2 heterocycles. The molecule has 0 amide bonds. The fourth-order valence-corrected chi connectivity index (χ4v) is 6.54. The molecule has 0 bridgehead atoms. The normalized spacial score (nSPS) is 17.9. The van der Waals surface area contributed by atoms with Crippen LogP contribution in [0.15, 0.2) is 59.6 Å². The van der Waals surface area contributed by atoms with Crippen LogP contribution in [0.3, 0.4) is 0 Å². The second-order valence-corrected chi connectivity index (χ2v) is 12.1. The molecule has 1 saturated carbocycles. The molecule has 2 aromatic carbocycles. The van der Waals surface area contributed by atoms with Gasteiger partial charge in [-0.1, -0.05) is 30.7 Å². The van der Waals surface area contributed by atoms with Crippen LogP contribution in [0.1, 0.15) is 38.2 Å². The van der Waals surface area contributed by atoms with E-state index in [9.17, 15) is 8.42 Å². The molecule has 39 heavy (non-hydrogen) atoms. The molecule has 0 spiro atoms. The van der Waals surface area contributed by atoms with Gasteiger partial charge in [0.15, 0.2) is 5.82 Å². The Morgan fingerprint density at radius 1 is 1.03 bits per heavy atom. The highest BCUT2D eigenvalue weighted by Gasteiger charge is 2.23. The van der Waals surface area contributed by atoms with Crippen molar-refractivity contribution < 1.29 is 8.42 Å². The van der Waals surface area contributed by atoms with Crippen molar-refractivity contribution in [2.24, 2.45) is 0 Å². The third kappa shape index (κ3) is 6.13. The molecule has 9 nitrogen and oxygen atoms in total. The molecular weight excluding hydrogens is 534 g/mol. The minimum atomic E-state index is -3.89. The Labute approximate surface area is 234 Å². The molecule has 0 aliphatic heterocycles. The highest BCUT2D eigenvalue weighted by molar-refractivity contribution is 7.92. The van der Waals surface area contributed by atoms with Crippen molar-refractivity contribution in [2.75, 3.05) is 24.1 Å². The summed E-state index contributed by atoms with van der Waals surface area (Å²) in [5.41, 5.74) is 3.47. The zero-order chi connectivity index (χ0) is 27.6. The number of sulfonamides is 1. The minimum Gasteiger partial charge on any atom is -0.351 e. The van der Waals surface area contributed by atoms with Gasteiger partial charge < -0.3 is 10.2 Å². The van der Waals surface area contributed by atoms with Crippen LogP contribution in [-0.2, 0) is 16.4 Å². The van der Waals surface area contributed by atoms with Crippen molar-refractivity contribution in [2.45, 2.75) is 56.0 Å². The quantitative estimate of drug-likeness (QED) is 0.292. The maximum atomic E-state index is 12.7. The predicted octanol–water partition coefficient (Wildman–Crippen LogP) is 5.39. The van der Waals surface area contributed by atoms with E-state index in [1.54, 1.807) is 24.3 Å². The summed E-state index contributed by atoms with van der Waals surface area (Å²) in [6.07, 6.45) is 7.18. The molecule has 1 fully saturated rings. The molecule has 0 atom stereocenters. The molecule has 1 aliphatic rings. The number of aryl methyl sites for hydroxylation is 1. The molecular formula is C28H32ClN7O2S. The van der Waals surface area contributed by atoms with E-state index in [4.69, 9.17) is 16.6 Å². The number of nitrogens with zero attached hydrogens (tertiary/aromatic N) is 5. The van der Waals surface area contributed by atoms with Crippen LogP contribution in [0.4, 0.5) is 11.8 Å². The first kappa shape index (κ1) is 27.2. The summed E-state index contributed by atoms with van der Waals surface area (Å²) in [7, 11) is 0.404. The van der Waals surface area contributed by atoms with E-state index in [0.29, 0.717) is 23.7 Å². The van der Waals surface area contributed by atoms with Crippen molar-refractivity contribution in [3.05, 3.63) is 65.3 Å². The van der Waals surface area contributed by atoms with Crippen LogP contribution in [0.25, 0.3) is 22.2 Å². The first-order valence-electron chi connectivity index (χ1n) is 13.1. The van der Waals surface area contributed by atoms with Crippen LogP contribution < -0.4 is 10.0 Å². The van der Waals surface area contributed by atoms with Crippen LogP contribution in [-0.4, -0.2) is 59.7 Å². The lowest BCUT2D eigenvalue weighted by Crippen LogP contribution is -2.36. The van der Waals surface area contributed by atoms with Crippen LogP contribution in [0.2, 0.25) is 5.02 Å². The van der Waals surface area contributed by atoms with Gasteiger partial charge in [0.25, 0.3) is 10.0 Å². The number of anilines is 2. The maximum Gasteiger partial charge on any atom is 0.264 e. The van der Waals surface area contributed by atoms with E-state index in [0.717, 1.165) is 41.3 Å². The Bertz CT molecular complexity index is 1570. The lowest BCUT2D eigenvalue weighted by molar-refractivity contribution is 0.221. The van der Waals surface area contributed by atoms with Crippen molar-refractivity contribution in [1.82, 2.24) is 25.1 Å². The van der Waals surface area contributed by atoms with Gasteiger partial charge in [-0.05, 0) is 88.2 Å². The zero-order valence-corrected chi connectivity index (χ0v) is 23.8. The monoisotopic (exact) mass is 565 g/mol. The van der Waals surface area contributed by atoms with E-state index >= 15 is 0 Å². The molecule has 2 aromatic heterocycles. The van der Waals surface area contributed by atoms with Gasteiger partial charge in [0, 0.05) is 29.2 Å². The summed E-state index contributed by atoms with van der Waals surface area (Å²) in [6, 6.07) is 14.6. The smallest absolute Gasteiger partial charge is 0.264 e. The van der Waals surface area contributed by atoms with Gasteiger partial charge in [0.1, 0.15) is 4.90 Å². The second kappa shape index (κ2) is 11.4. The summed E-state index contributed by atoms with van der Waals surface area (Å²) in [6.45, 7) is 2.09. The molecule has 11 heteroatoms. The Morgan fingerprint density at radius 2 is 1.79 bits per heavy atom. The number of halogens is 1. The Balaban J connectivity index is 1.34. The highest BCUT2D eigenvalue weighted by atomic mass is 35.5. The summed E-state index contributed by atoms with van der Waals surface area (Å²) < 4.78 is 27.9. The minimum absolute atomic E-state index is 0.0187. The maximum absolute atomic E-state index is 12.7. The number of fused-ring (bicyclic) bond motifs is 1. The largest absolute Gasteiger partial charge is 0.351 e.